The van der Waals surface area contributed by atoms with Crippen LogP contribution in [0.5, 0.6) is 0 Å². The lowest BCUT2D eigenvalue weighted by atomic mass is 9.99. The van der Waals surface area contributed by atoms with Gasteiger partial charge in [-0.3, -0.25) is 0 Å². The lowest BCUT2D eigenvalue weighted by Gasteiger charge is -2.10. The molecule has 0 amide bonds. The Morgan fingerprint density at radius 2 is 2.50 bits per heavy atom. The summed E-state index contributed by atoms with van der Waals surface area (Å²) < 4.78 is 4.86. The van der Waals surface area contributed by atoms with Gasteiger partial charge < -0.3 is 4.74 Å². The van der Waals surface area contributed by atoms with Crippen LogP contribution in [0.15, 0.2) is 23.8 Å². The topological polar surface area (TPSA) is 26.3 Å². The van der Waals surface area contributed by atoms with Gasteiger partial charge in [-0.15, -0.1) is 0 Å². The summed E-state index contributed by atoms with van der Waals surface area (Å²) in [4.78, 5) is 11.2. The Morgan fingerprint density at radius 1 is 1.75 bits per heavy atom. The zero-order valence-electron chi connectivity index (χ0n) is 7.54. The average molecular weight is 166 g/mol. The van der Waals surface area contributed by atoms with Crippen molar-refractivity contribution >= 4 is 5.97 Å². The van der Waals surface area contributed by atoms with Crippen molar-refractivity contribution in [3.63, 3.8) is 0 Å². The molecule has 12 heavy (non-hydrogen) atoms. The van der Waals surface area contributed by atoms with E-state index in [1.54, 1.807) is 0 Å². The number of ether oxygens (including phenoxy) is 1. The third-order valence-electron chi connectivity index (χ3n) is 1.82. The molecule has 1 rings (SSSR count). The van der Waals surface area contributed by atoms with Crippen molar-refractivity contribution in [3.8, 4) is 0 Å². The Hall–Kier alpha value is -1.05. The summed E-state index contributed by atoms with van der Waals surface area (Å²) in [6.07, 6.45) is 6.74. The summed E-state index contributed by atoms with van der Waals surface area (Å²) in [6.45, 7) is 4.38. The molecule has 0 aromatic carbocycles. The van der Waals surface area contributed by atoms with Gasteiger partial charge in [-0.2, -0.15) is 0 Å². The van der Waals surface area contributed by atoms with Crippen molar-refractivity contribution in [1.82, 2.24) is 0 Å². The van der Waals surface area contributed by atoms with Gasteiger partial charge in [0.25, 0.3) is 0 Å². The van der Waals surface area contributed by atoms with E-state index in [9.17, 15) is 4.79 Å². The van der Waals surface area contributed by atoms with Crippen molar-refractivity contribution < 1.29 is 9.53 Å². The summed E-state index contributed by atoms with van der Waals surface area (Å²) in [7, 11) is 0. The minimum atomic E-state index is -0.208. The normalized spacial score (nSPS) is 21.8. The molecule has 1 unspecified atom stereocenters. The Labute approximate surface area is 72.9 Å². The van der Waals surface area contributed by atoms with Crippen molar-refractivity contribution in [2.45, 2.75) is 20.3 Å². The predicted octanol–water partition coefficient (Wildman–Crippen LogP) is 2.07. The number of carbonyl (C=O) groups excluding carboxylic acids is 1. The Bertz CT molecular complexity index is 226. The van der Waals surface area contributed by atoms with Gasteiger partial charge in [-0.05, 0) is 19.3 Å². The van der Waals surface area contributed by atoms with Gasteiger partial charge >= 0.3 is 5.97 Å². The molecule has 0 aliphatic heterocycles. The second-order valence-electron chi connectivity index (χ2n) is 2.95. The summed E-state index contributed by atoms with van der Waals surface area (Å²) >= 11 is 0. The fourth-order valence-electron chi connectivity index (χ4n) is 1.09. The van der Waals surface area contributed by atoms with E-state index in [1.807, 2.05) is 25.2 Å². The van der Waals surface area contributed by atoms with Crippen LogP contribution >= 0.6 is 0 Å². The largest absolute Gasteiger partial charge is 0.462 e. The lowest BCUT2D eigenvalue weighted by Crippen LogP contribution is -2.08. The number of allylic oxidation sites excluding steroid dienone is 2. The zero-order chi connectivity index (χ0) is 8.97. The second-order valence-corrected chi connectivity index (χ2v) is 2.95. The van der Waals surface area contributed by atoms with Crippen molar-refractivity contribution in [2.75, 3.05) is 6.61 Å². The molecule has 2 heteroatoms. The minimum Gasteiger partial charge on any atom is -0.462 e. The van der Waals surface area contributed by atoms with E-state index in [-0.39, 0.29) is 5.97 Å². The van der Waals surface area contributed by atoms with Gasteiger partial charge in [0.1, 0.15) is 0 Å². The van der Waals surface area contributed by atoms with E-state index < -0.39 is 0 Å². The van der Waals surface area contributed by atoms with Crippen molar-refractivity contribution in [2.24, 2.45) is 5.92 Å². The van der Waals surface area contributed by atoms with Crippen LogP contribution in [0.3, 0.4) is 0 Å². The first-order valence-electron chi connectivity index (χ1n) is 4.29. The monoisotopic (exact) mass is 166 g/mol. The molecule has 0 aromatic rings. The van der Waals surface area contributed by atoms with Crippen LogP contribution in [0.1, 0.15) is 20.3 Å². The van der Waals surface area contributed by atoms with Crippen LogP contribution in [-0.2, 0) is 9.53 Å². The molecule has 1 aliphatic rings. The van der Waals surface area contributed by atoms with Crippen LogP contribution in [-0.4, -0.2) is 12.6 Å². The molecule has 2 nitrogen and oxygen atoms in total. The highest BCUT2D eigenvalue weighted by Gasteiger charge is 2.10. The van der Waals surface area contributed by atoms with E-state index in [2.05, 4.69) is 6.92 Å². The van der Waals surface area contributed by atoms with Gasteiger partial charge in [0.2, 0.25) is 0 Å². The first kappa shape index (κ1) is 9.04. The third-order valence-corrected chi connectivity index (χ3v) is 1.82. The Morgan fingerprint density at radius 3 is 3.00 bits per heavy atom. The highest BCUT2D eigenvalue weighted by atomic mass is 16.5. The molecule has 66 valence electrons. The Kier molecular flexibility index (Phi) is 3.09. The summed E-state index contributed by atoms with van der Waals surface area (Å²) in [5.41, 5.74) is 0.690. The smallest absolute Gasteiger partial charge is 0.337 e. The van der Waals surface area contributed by atoms with Gasteiger partial charge in [0.05, 0.1) is 12.2 Å². The zero-order valence-corrected chi connectivity index (χ0v) is 7.54. The molecule has 0 N–H and O–H groups in total. The molecule has 0 heterocycles. The van der Waals surface area contributed by atoms with Crippen LogP contribution in [0.4, 0.5) is 0 Å². The fraction of sp³-hybridized carbons (Fsp3) is 0.500. The number of hydrogen-bond donors (Lipinski definition) is 0. The highest BCUT2D eigenvalue weighted by Crippen LogP contribution is 2.16. The first-order valence-corrected chi connectivity index (χ1v) is 4.29. The molecular formula is C10H14O2. The highest BCUT2D eigenvalue weighted by molar-refractivity contribution is 5.91. The van der Waals surface area contributed by atoms with Crippen LogP contribution < -0.4 is 0 Å². The van der Waals surface area contributed by atoms with E-state index >= 15 is 0 Å². The second kappa shape index (κ2) is 4.10. The van der Waals surface area contributed by atoms with E-state index in [0.29, 0.717) is 18.1 Å². The van der Waals surface area contributed by atoms with Crippen LogP contribution in [0.2, 0.25) is 0 Å². The van der Waals surface area contributed by atoms with Crippen molar-refractivity contribution in [3.05, 3.63) is 23.8 Å². The molecule has 0 spiro atoms. The summed E-state index contributed by atoms with van der Waals surface area (Å²) in [6, 6.07) is 0. The number of esters is 1. The molecule has 0 aromatic heterocycles. The molecule has 0 bridgehead atoms. The van der Waals surface area contributed by atoms with Crippen molar-refractivity contribution in [1.29, 1.82) is 0 Å². The van der Waals surface area contributed by atoms with Gasteiger partial charge in [0, 0.05) is 0 Å². The molecular weight excluding hydrogens is 152 g/mol. The summed E-state index contributed by atoms with van der Waals surface area (Å²) in [5, 5.41) is 0. The standard InChI is InChI=1S/C10H14O2/c1-3-12-10(11)9-6-4-8(2)5-7-9/h4,6-8H,3,5H2,1-2H3. The van der Waals surface area contributed by atoms with E-state index in [0.717, 1.165) is 6.42 Å². The van der Waals surface area contributed by atoms with Crippen LogP contribution in [0, 0.1) is 5.92 Å². The predicted molar refractivity (Wildman–Crippen MR) is 47.6 cm³/mol. The third kappa shape index (κ3) is 2.22. The maximum Gasteiger partial charge on any atom is 0.337 e. The molecule has 1 aliphatic carbocycles. The summed E-state index contributed by atoms with van der Waals surface area (Å²) in [5.74, 6) is 0.337. The Balaban J connectivity index is 2.54. The quantitative estimate of drug-likeness (QED) is 0.587. The number of rotatable bonds is 2. The number of hydrogen-bond acceptors (Lipinski definition) is 2. The van der Waals surface area contributed by atoms with Gasteiger partial charge in [-0.1, -0.05) is 25.2 Å². The molecule has 0 saturated heterocycles. The molecule has 0 radical (unpaired) electrons. The maximum atomic E-state index is 11.2. The first-order chi connectivity index (χ1) is 5.74. The SMILES string of the molecule is CCOC(=O)C1=CCC(C)C=C1. The average Bonchev–Trinajstić information content (AvgIpc) is 2.06. The minimum absolute atomic E-state index is 0.208. The maximum absolute atomic E-state index is 11.2. The lowest BCUT2D eigenvalue weighted by molar-refractivity contribution is -0.138. The molecule has 1 atom stereocenters. The van der Waals surface area contributed by atoms with Gasteiger partial charge in [-0.25, -0.2) is 4.79 Å². The van der Waals surface area contributed by atoms with E-state index in [1.165, 1.54) is 0 Å². The molecule has 0 fully saturated rings. The fourth-order valence-corrected chi connectivity index (χ4v) is 1.09. The van der Waals surface area contributed by atoms with Crippen LogP contribution in [0.25, 0.3) is 0 Å². The van der Waals surface area contributed by atoms with E-state index in [4.69, 9.17) is 4.74 Å². The number of carbonyl (C=O) groups is 1. The molecule has 0 saturated carbocycles. The van der Waals surface area contributed by atoms with Gasteiger partial charge in [0.15, 0.2) is 0 Å².